The van der Waals surface area contributed by atoms with E-state index in [1.807, 2.05) is 36.4 Å². The largest absolute Gasteiger partial charge is 0.376 e. The molecular weight excluding hydrogens is 348 g/mol. The Morgan fingerprint density at radius 3 is 2.89 bits per heavy atom. The number of rotatable bonds is 2. The zero-order chi connectivity index (χ0) is 13.3. The van der Waals surface area contributed by atoms with Crippen molar-refractivity contribution >= 4 is 28.5 Å². The van der Waals surface area contributed by atoms with Gasteiger partial charge in [-0.2, -0.15) is 0 Å². The molecular formula is C13H15FINO2. The predicted molar refractivity (Wildman–Crippen MR) is 75.0 cm³/mol. The molecule has 2 unspecified atom stereocenters. The monoisotopic (exact) mass is 363 g/mol. The lowest BCUT2D eigenvalue weighted by Gasteiger charge is -2.29. The average molecular weight is 363 g/mol. The number of ether oxygens (including phenoxy) is 1. The predicted octanol–water partition coefficient (Wildman–Crippen LogP) is 2.73. The normalized spacial score (nSPS) is 27.2. The standard InChI is InChI=1S/C13H15FINO2/c1-8-13(2,5-6-18-8)16-12(17)10-4-3-9(14)7-11(10)15/h3-4,7-8H,5-6H2,1-2H3,(H,16,17). The highest BCUT2D eigenvalue weighted by Gasteiger charge is 2.38. The molecule has 1 saturated heterocycles. The van der Waals surface area contributed by atoms with Crippen LogP contribution in [0.1, 0.15) is 30.6 Å². The molecule has 1 aromatic carbocycles. The Kier molecular flexibility index (Phi) is 3.91. The fourth-order valence-electron chi connectivity index (χ4n) is 2.00. The van der Waals surface area contributed by atoms with Crippen LogP contribution in [0.3, 0.4) is 0 Å². The van der Waals surface area contributed by atoms with Crippen molar-refractivity contribution in [3.05, 3.63) is 33.1 Å². The summed E-state index contributed by atoms with van der Waals surface area (Å²) < 4.78 is 19.1. The van der Waals surface area contributed by atoms with E-state index in [2.05, 4.69) is 5.32 Å². The first kappa shape index (κ1) is 13.7. The van der Waals surface area contributed by atoms with Crippen LogP contribution in [0.2, 0.25) is 0 Å². The number of nitrogens with one attached hydrogen (secondary N) is 1. The molecule has 0 bridgehead atoms. The van der Waals surface area contributed by atoms with Crippen molar-refractivity contribution < 1.29 is 13.9 Å². The van der Waals surface area contributed by atoms with Crippen LogP contribution in [0.15, 0.2) is 18.2 Å². The SMILES string of the molecule is CC1OCCC1(C)NC(=O)c1ccc(F)cc1I. The number of benzene rings is 1. The van der Waals surface area contributed by atoms with E-state index in [1.54, 1.807) is 0 Å². The van der Waals surface area contributed by atoms with Gasteiger partial charge in [-0.05, 0) is 61.1 Å². The van der Waals surface area contributed by atoms with E-state index < -0.39 is 0 Å². The van der Waals surface area contributed by atoms with Gasteiger partial charge in [0.2, 0.25) is 0 Å². The van der Waals surface area contributed by atoms with Crippen LogP contribution >= 0.6 is 22.6 Å². The summed E-state index contributed by atoms with van der Waals surface area (Å²) in [5.74, 6) is -0.515. The van der Waals surface area contributed by atoms with Crippen LogP contribution in [-0.4, -0.2) is 24.2 Å². The van der Waals surface area contributed by atoms with Crippen molar-refractivity contribution in [3.63, 3.8) is 0 Å². The van der Waals surface area contributed by atoms with Gasteiger partial charge >= 0.3 is 0 Å². The molecule has 0 radical (unpaired) electrons. The molecule has 5 heteroatoms. The van der Waals surface area contributed by atoms with Crippen LogP contribution in [0, 0.1) is 9.39 Å². The first-order valence-corrected chi connectivity index (χ1v) is 6.89. The summed E-state index contributed by atoms with van der Waals surface area (Å²) in [6, 6.07) is 4.16. The van der Waals surface area contributed by atoms with E-state index in [0.29, 0.717) is 15.7 Å². The van der Waals surface area contributed by atoms with E-state index in [9.17, 15) is 9.18 Å². The van der Waals surface area contributed by atoms with Gasteiger partial charge in [-0.1, -0.05) is 0 Å². The lowest BCUT2D eigenvalue weighted by Crippen LogP contribution is -2.50. The Labute approximate surface area is 119 Å². The van der Waals surface area contributed by atoms with Crippen LogP contribution in [-0.2, 0) is 4.74 Å². The summed E-state index contributed by atoms with van der Waals surface area (Å²) >= 11 is 1.97. The number of carbonyl (C=O) groups excluding carboxylic acids is 1. The minimum atomic E-state index is -0.353. The topological polar surface area (TPSA) is 38.3 Å². The van der Waals surface area contributed by atoms with E-state index in [-0.39, 0.29) is 23.4 Å². The van der Waals surface area contributed by atoms with Crippen molar-refractivity contribution in [1.82, 2.24) is 5.32 Å². The van der Waals surface area contributed by atoms with Crippen molar-refractivity contribution in [2.45, 2.75) is 31.9 Å². The summed E-state index contributed by atoms with van der Waals surface area (Å²) in [7, 11) is 0. The van der Waals surface area contributed by atoms with Gasteiger partial charge in [0.25, 0.3) is 5.91 Å². The number of amides is 1. The third-order valence-electron chi connectivity index (χ3n) is 3.46. The molecule has 0 aromatic heterocycles. The molecule has 1 N–H and O–H groups in total. The number of halogens is 2. The maximum absolute atomic E-state index is 13.0. The summed E-state index contributed by atoms with van der Waals surface area (Å²) in [6.07, 6.45) is 0.775. The smallest absolute Gasteiger partial charge is 0.252 e. The maximum atomic E-state index is 13.0. The number of hydrogen-bond donors (Lipinski definition) is 1. The molecule has 0 saturated carbocycles. The molecule has 0 aliphatic carbocycles. The summed E-state index contributed by atoms with van der Waals surface area (Å²) in [6.45, 7) is 4.57. The Morgan fingerprint density at radius 2 is 2.33 bits per heavy atom. The summed E-state index contributed by atoms with van der Waals surface area (Å²) in [4.78, 5) is 12.2. The van der Waals surface area contributed by atoms with Crippen LogP contribution in [0.5, 0.6) is 0 Å². The van der Waals surface area contributed by atoms with Gasteiger partial charge in [0.1, 0.15) is 5.82 Å². The molecule has 1 fully saturated rings. The maximum Gasteiger partial charge on any atom is 0.252 e. The van der Waals surface area contributed by atoms with Crippen LogP contribution < -0.4 is 5.32 Å². The van der Waals surface area contributed by atoms with Crippen molar-refractivity contribution in [2.75, 3.05) is 6.61 Å². The van der Waals surface area contributed by atoms with E-state index in [1.165, 1.54) is 18.2 Å². The van der Waals surface area contributed by atoms with Gasteiger partial charge < -0.3 is 10.1 Å². The highest BCUT2D eigenvalue weighted by atomic mass is 127. The highest BCUT2D eigenvalue weighted by Crippen LogP contribution is 2.26. The summed E-state index contributed by atoms with van der Waals surface area (Å²) in [5, 5.41) is 2.99. The molecule has 2 atom stereocenters. The second-order valence-electron chi connectivity index (χ2n) is 4.76. The van der Waals surface area contributed by atoms with E-state index in [4.69, 9.17) is 4.74 Å². The van der Waals surface area contributed by atoms with Crippen LogP contribution in [0.25, 0.3) is 0 Å². The van der Waals surface area contributed by atoms with Gasteiger partial charge in [-0.15, -0.1) is 0 Å². The minimum Gasteiger partial charge on any atom is -0.376 e. The van der Waals surface area contributed by atoms with Gasteiger partial charge in [-0.3, -0.25) is 4.79 Å². The zero-order valence-corrected chi connectivity index (χ0v) is 12.5. The van der Waals surface area contributed by atoms with Gasteiger partial charge in [-0.25, -0.2) is 4.39 Å². The van der Waals surface area contributed by atoms with Gasteiger partial charge in [0.05, 0.1) is 17.2 Å². The third-order valence-corrected chi connectivity index (χ3v) is 4.35. The van der Waals surface area contributed by atoms with Gasteiger partial charge in [0.15, 0.2) is 0 Å². The third kappa shape index (κ3) is 2.66. The Bertz CT molecular complexity index is 480. The van der Waals surface area contributed by atoms with E-state index >= 15 is 0 Å². The van der Waals surface area contributed by atoms with Crippen molar-refractivity contribution in [1.29, 1.82) is 0 Å². The highest BCUT2D eigenvalue weighted by molar-refractivity contribution is 14.1. The zero-order valence-electron chi connectivity index (χ0n) is 10.3. The van der Waals surface area contributed by atoms with Crippen molar-refractivity contribution in [3.8, 4) is 0 Å². The Morgan fingerprint density at radius 1 is 1.61 bits per heavy atom. The molecule has 1 aliphatic heterocycles. The second-order valence-corrected chi connectivity index (χ2v) is 5.92. The average Bonchev–Trinajstić information content (AvgIpc) is 2.58. The fraction of sp³-hybridized carbons (Fsp3) is 0.462. The molecule has 98 valence electrons. The molecule has 1 amide bonds. The molecule has 18 heavy (non-hydrogen) atoms. The number of hydrogen-bond acceptors (Lipinski definition) is 2. The fourth-order valence-corrected chi connectivity index (χ4v) is 2.72. The Hall–Kier alpha value is -0.690. The molecule has 2 rings (SSSR count). The molecule has 1 aliphatic rings. The Balaban J connectivity index is 2.17. The van der Waals surface area contributed by atoms with Crippen LogP contribution in [0.4, 0.5) is 4.39 Å². The molecule has 1 aromatic rings. The molecule has 1 heterocycles. The van der Waals surface area contributed by atoms with Crippen molar-refractivity contribution in [2.24, 2.45) is 0 Å². The molecule has 3 nitrogen and oxygen atoms in total. The van der Waals surface area contributed by atoms with Gasteiger partial charge in [0, 0.05) is 10.2 Å². The first-order valence-electron chi connectivity index (χ1n) is 5.81. The number of carbonyl (C=O) groups is 1. The second kappa shape index (κ2) is 5.13. The van der Waals surface area contributed by atoms with E-state index in [0.717, 1.165) is 6.42 Å². The quantitative estimate of drug-likeness (QED) is 0.821. The first-order chi connectivity index (χ1) is 8.42. The lowest BCUT2D eigenvalue weighted by molar-refractivity contribution is 0.0727. The minimum absolute atomic E-state index is 0.0143. The summed E-state index contributed by atoms with van der Waals surface area (Å²) in [5.41, 5.74) is 0.145. The lowest BCUT2D eigenvalue weighted by atomic mass is 9.94. The molecule has 0 spiro atoms.